The quantitative estimate of drug-likeness (QED) is 0.471. The summed E-state index contributed by atoms with van der Waals surface area (Å²) in [6.07, 6.45) is 1.44. The highest BCUT2D eigenvalue weighted by molar-refractivity contribution is 7.89. The van der Waals surface area contributed by atoms with Crippen LogP contribution in [0, 0.1) is 0 Å². The Morgan fingerprint density at radius 2 is 1.53 bits per heavy atom. The molecule has 1 heterocycles. The van der Waals surface area contributed by atoms with Crippen LogP contribution in [-0.2, 0) is 26.8 Å². The molecule has 34 heavy (non-hydrogen) atoms. The number of nitrogens with zero attached hydrogens (tertiary/aromatic N) is 1. The first-order valence-electron chi connectivity index (χ1n) is 10.7. The smallest absolute Gasteiger partial charge is 0.255 e. The predicted octanol–water partition coefficient (Wildman–Crippen LogP) is 4.07. The average molecular weight is 481 g/mol. The van der Waals surface area contributed by atoms with Crippen LogP contribution in [-0.4, -0.2) is 25.2 Å². The van der Waals surface area contributed by atoms with Gasteiger partial charge in [-0.2, -0.15) is 0 Å². The minimum absolute atomic E-state index is 0.0591. The maximum Gasteiger partial charge on any atom is 0.255 e. The minimum Gasteiger partial charge on any atom is -0.321 e. The zero-order valence-corrected chi connectivity index (χ0v) is 20.4. The van der Waals surface area contributed by atoms with Crippen molar-refractivity contribution in [3.63, 3.8) is 0 Å². The Morgan fingerprint density at radius 1 is 0.882 bits per heavy atom. The maximum absolute atomic E-state index is 12.6. The summed E-state index contributed by atoms with van der Waals surface area (Å²) in [5.74, 6) is -0.173. The molecule has 178 valence electrons. The first kappa shape index (κ1) is 25.1. The number of hydrogen-bond donors (Lipinski definition) is 3. The Kier molecular flexibility index (Phi) is 7.48. The first-order chi connectivity index (χ1) is 15.9. The monoisotopic (exact) mass is 480 g/mol. The van der Waals surface area contributed by atoms with Crippen molar-refractivity contribution in [1.82, 2.24) is 9.71 Å². The normalized spacial score (nSPS) is 11.6. The van der Waals surface area contributed by atoms with Crippen LogP contribution < -0.4 is 15.4 Å². The lowest BCUT2D eigenvalue weighted by molar-refractivity contribution is -0.114. The number of hydrogen-bond acceptors (Lipinski definition) is 5. The molecule has 0 aliphatic carbocycles. The van der Waals surface area contributed by atoms with Gasteiger partial charge in [0.2, 0.25) is 15.9 Å². The largest absolute Gasteiger partial charge is 0.321 e. The number of benzene rings is 2. The number of carbonyl (C=O) groups excluding carboxylic acids is 2. The van der Waals surface area contributed by atoms with Gasteiger partial charge in [0.05, 0.1) is 16.8 Å². The fourth-order valence-corrected chi connectivity index (χ4v) is 4.11. The summed E-state index contributed by atoms with van der Waals surface area (Å²) in [6.45, 7) is 7.69. The topological polar surface area (TPSA) is 117 Å². The van der Waals surface area contributed by atoms with Crippen molar-refractivity contribution in [1.29, 1.82) is 0 Å². The second-order valence-corrected chi connectivity index (χ2v) is 10.6. The average Bonchev–Trinajstić information content (AvgIpc) is 2.78. The van der Waals surface area contributed by atoms with Crippen LogP contribution in [0.25, 0.3) is 0 Å². The molecule has 0 unspecified atom stereocenters. The van der Waals surface area contributed by atoms with Crippen LogP contribution in [0.5, 0.6) is 0 Å². The molecule has 1 aromatic heterocycles. The molecule has 0 aliphatic heterocycles. The Labute approximate surface area is 199 Å². The van der Waals surface area contributed by atoms with Crippen LogP contribution in [0.3, 0.4) is 0 Å². The van der Waals surface area contributed by atoms with Gasteiger partial charge in [0.25, 0.3) is 5.91 Å². The summed E-state index contributed by atoms with van der Waals surface area (Å²) < 4.78 is 27.8. The zero-order chi connectivity index (χ0) is 24.9. The predicted molar refractivity (Wildman–Crippen MR) is 132 cm³/mol. The highest BCUT2D eigenvalue weighted by Crippen LogP contribution is 2.23. The van der Waals surface area contributed by atoms with E-state index in [9.17, 15) is 18.0 Å². The molecule has 0 saturated heterocycles. The van der Waals surface area contributed by atoms with Gasteiger partial charge in [-0.05, 0) is 52.9 Å². The lowest BCUT2D eigenvalue weighted by Crippen LogP contribution is -2.23. The van der Waals surface area contributed by atoms with Gasteiger partial charge < -0.3 is 10.6 Å². The van der Waals surface area contributed by atoms with Gasteiger partial charge in [0.15, 0.2) is 0 Å². The lowest BCUT2D eigenvalue weighted by atomic mass is 9.87. The second kappa shape index (κ2) is 10.1. The molecule has 0 aliphatic rings. The van der Waals surface area contributed by atoms with E-state index in [1.165, 1.54) is 13.1 Å². The molecule has 8 nitrogen and oxygen atoms in total. The van der Waals surface area contributed by atoms with Gasteiger partial charge in [0.1, 0.15) is 5.82 Å². The van der Waals surface area contributed by atoms with E-state index in [0.29, 0.717) is 22.6 Å². The fraction of sp³-hybridized carbons (Fsp3) is 0.240. The van der Waals surface area contributed by atoms with Crippen molar-refractivity contribution in [2.45, 2.75) is 44.6 Å². The van der Waals surface area contributed by atoms with Crippen LogP contribution in [0.4, 0.5) is 11.5 Å². The van der Waals surface area contributed by atoms with E-state index < -0.39 is 10.0 Å². The van der Waals surface area contributed by atoms with Crippen molar-refractivity contribution in [2.75, 3.05) is 10.6 Å². The Bertz CT molecular complexity index is 1260. The van der Waals surface area contributed by atoms with Crippen LogP contribution >= 0.6 is 0 Å². The van der Waals surface area contributed by atoms with Gasteiger partial charge in [-0.1, -0.05) is 45.0 Å². The molecular formula is C25H28N4O4S. The zero-order valence-electron chi connectivity index (χ0n) is 19.5. The SMILES string of the molecule is CC(=O)Nc1ccc(NC(=O)c2ccc(CNS(=O)(=O)c3ccc(C(C)(C)C)cc3)cc2)cn1. The standard InChI is InChI=1S/C25H28N4O4S/c1-17(30)28-23-14-11-21(16-26-23)29-24(31)19-7-5-18(6-8-19)15-27-34(32,33)22-12-9-20(10-13-22)25(2,3)4/h5-14,16,27H,15H2,1-4H3,(H,29,31)(H,26,28,30). The van der Waals surface area contributed by atoms with E-state index in [-0.39, 0.29) is 28.7 Å². The first-order valence-corrected chi connectivity index (χ1v) is 12.2. The molecule has 2 amide bonds. The molecule has 0 saturated carbocycles. The van der Waals surface area contributed by atoms with Gasteiger partial charge in [-0.25, -0.2) is 18.1 Å². The lowest BCUT2D eigenvalue weighted by Gasteiger charge is -2.19. The van der Waals surface area contributed by atoms with E-state index in [1.807, 2.05) is 12.1 Å². The van der Waals surface area contributed by atoms with E-state index in [4.69, 9.17) is 0 Å². The summed E-state index contributed by atoms with van der Waals surface area (Å²) in [5, 5.41) is 5.28. The molecule has 0 atom stereocenters. The minimum atomic E-state index is -3.66. The maximum atomic E-state index is 12.6. The third-order valence-electron chi connectivity index (χ3n) is 5.04. The number of sulfonamides is 1. The summed E-state index contributed by atoms with van der Waals surface area (Å²) in [5.41, 5.74) is 2.60. The van der Waals surface area contributed by atoms with Gasteiger partial charge in [-0.3, -0.25) is 9.59 Å². The highest BCUT2D eigenvalue weighted by atomic mass is 32.2. The third-order valence-corrected chi connectivity index (χ3v) is 6.46. The summed E-state index contributed by atoms with van der Waals surface area (Å²) >= 11 is 0. The van der Waals surface area contributed by atoms with E-state index in [1.54, 1.807) is 48.5 Å². The second-order valence-electron chi connectivity index (χ2n) is 8.86. The number of anilines is 2. The van der Waals surface area contributed by atoms with Crippen molar-refractivity contribution in [2.24, 2.45) is 0 Å². The van der Waals surface area contributed by atoms with Crippen molar-refractivity contribution < 1.29 is 18.0 Å². The molecule has 0 spiro atoms. The molecule has 3 rings (SSSR count). The molecule has 0 bridgehead atoms. The van der Waals surface area contributed by atoms with E-state index >= 15 is 0 Å². The summed E-state index contributed by atoms with van der Waals surface area (Å²) in [4.78, 5) is 27.8. The Morgan fingerprint density at radius 3 is 2.06 bits per heavy atom. The van der Waals surface area contributed by atoms with Crippen LogP contribution in [0.15, 0.2) is 71.8 Å². The number of aromatic nitrogens is 1. The molecule has 9 heteroatoms. The van der Waals surface area contributed by atoms with E-state index in [2.05, 4.69) is 41.1 Å². The number of rotatable bonds is 7. The molecule has 3 aromatic rings. The van der Waals surface area contributed by atoms with Gasteiger partial charge in [-0.15, -0.1) is 0 Å². The fourth-order valence-electron chi connectivity index (χ4n) is 3.10. The molecule has 3 N–H and O–H groups in total. The Hall–Kier alpha value is -3.56. The van der Waals surface area contributed by atoms with Crippen molar-refractivity contribution >= 4 is 33.3 Å². The third kappa shape index (κ3) is 6.72. The van der Waals surface area contributed by atoms with E-state index in [0.717, 1.165) is 5.56 Å². The number of amides is 2. The van der Waals surface area contributed by atoms with Gasteiger partial charge >= 0.3 is 0 Å². The molecule has 2 aromatic carbocycles. The number of nitrogens with one attached hydrogen (secondary N) is 3. The molecular weight excluding hydrogens is 452 g/mol. The number of pyridine rings is 1. The van der Waals surface area contributed by atoms with Gasteiger partial charge in [0, 0.05) is 19.0 Å². The molecule has 0 radical (unpaired) electrons. The summed E-state index contributed by atoms with van der Waals surface area (Å²) in [6, 6.07) is 16.7. The summed E-state index contributed by atoms with van der Waals surface area (Å²) in [7, 11) is -3.66. The Balaban J connectivity index is 1.58. The molecule has 0 fully saturated rings. The van der Waals surface area contributed by atoms with Crippen molar-refractivity contribution in [3.8, 4) is 0 Å². The highest BCUT2D eigenvalue weighted by Gasteiger charge is 2.17. The number of carbonyl (C=O) groups is 2. The van der Waals surface area contributed by atoms with Crippen molar-refractivity contribution in [3.05, 3.63) is 83.6 Å². The van der Waals surface area contributed by atoms with Crippen LogP contribution in [0.2, 0.25) is 0 Å². The van der Waals surface area contributed by atoms with Crippen LogP contribution in [0.1, 0.15) is 49.2 Å².